The summed E-state index contributed by atoms with van der Waals surface area (Å²) in [7, 11) is 0. The van der Waals surface area contributed by atoms with Crippen molar-refractivity contribution < 1.29 is 24.5 Å². The smallest absolute Gasteiger partial charge is 0.319 e. The lowest BCUT2D eigenvalue weighted by Gasteiger charge is -2.58. The maximum atomic E-state index is 12.9. The number of carboxylic acid groups (broad SMARTS) is 1. The zero-order valence-corrected chi connectivity index (χ0v) is 12.7. The maximum absolute atomic E-state index is 12.9. The molecule has 0 radical (unpaired) electrons. The standard InChI is InChI=1S/C16H23NO5/c18-6-10-7-22-12-5-17(4-11(10)12)13(19)16(14(20)21)8-15(9-16)2-1-3-15/h10-12,18H,1-9H2,(H,20,21)/t10-,11-,12-/m1/s1. The van der Waals surface area contributed by atoms with Crippen molar-refractivity contribution in [1.82, 2.24) is 4.90 Å². The van der Waals surface area contributed by atoms with Crippen LogP contribution in [0.3, 0.4) is 0 Å². The molecular weight excluding hydrogens is 286 g/mol. The Hall–Kier alpha value is -1.14. The van der Waals surface area contributed by atoms with Gasteiger partial charge in [0.15, 0.2) is 0 Å². The summed E-state index contributed by atoms with van der Waals surface area (Å²) in [5.41, 5.74) is -1.07. The van der Waals surface area contributed by atoms with E-state index in [-0.39, 0.29) is 35.9 Å². The van der Waals surface area contributed by atoms with Crippen molar-refractivity contribution >= 4 is 11.9 Å². The Labute approximate surface area is 129 Å². The second kappa shape index (κ2) is 4.68. The van der Waals surface area contributed by atoms with Crippen LogP contribution in [-0.2, 0) is 14.3 Å². The number of carbonyl (C=O) groups excluding carboxylic acids is 1. The molecular formula is C16H23NO5. The summed E-state index contributed by atoms with van der Waals surface area (Å²) in [6.45, 7) is 1.61. The molecule has 6 nitrogen and oxygen atoms in total. The fourth-order valence-corrected chi connectivity index (χ4v) is 5.11. The molecule has 22 heavy (non-hydrogen) atoms. The summed E-state index contributed by atoms with van der Waals surface area (Å²) < 4.78 is 5.66. The number of aliphatic hydroxyl groups excluding tert-OH is 1. The van der Waals surface area contributed by atoms with E-state index in [2.05, 4.69) is 0 Å². The van der Waals surface area contributed by atoms with E-state index in [1.165, 1.54) is 0 Å². The van der Waals surface area contributed by atoms with Gasteiger partial charge in [-0.05, 0) is 31.1 Å². The number of hydrogen-bond donors (Lipinski definition) is 2. The lowest BCUT2D eigenvalue weighted by molar-refractivity contribution is -0.186. The van der Waals surface area contributed by atoms with Gasteiger partial charge in [0.25, 0.3) is 0 Å². The number of aliphatic hydroxyl groups is 1. The van der Waals surface area contributed by atoms with Crippen molar-refractivity contribution in [3.05, 3.63) is 0 Å². The molecule has 0 bridgehead atoms. The highest BCUT2D eigenvalue weighted by Crippen LogP contribution is 2.65. The fourth-order valence-electron chi connectivity index (χ4n) is 5.11. The summed E-state index contributed by atoms with van der Waals surface area (Å²) in [4.78, 5) is 26.3. The van der Waals surface area contributed by atoms with E-state index in [9.17, 15) is 19.8 Å². The van der Waals surface area contributed by atoms with Crippen LogP contribution in [0.2, 0.25) is 0 Å². The highest BCUT2D eigenvalue weighted by Gasteiger charge is 2.66. The van der Waals surface area contributed by atoms with Crippen molar-refractivity contribution in [3.63, 3.8) is 0 Å². The number of fused-ring (bicyclic) bond motifs is 1. The van der Waals surface area contributed by atoms with Gasteiger partial charge in [-0.3, -0.25) is 9.59 Å². The Kier molecular flexibility index (Phi) is 3.07. The molecule has 4 aliphatic rings. The van der Waals surface area contributed by atoms with Crippen LogP contribution in [-0.4, -0.2) is 59.4 Å². The Morgan fingerprint density at radius 1 is 1.23 bits per heavy atom. The second-order valence-corrected chi connectivity index (χ2v) is 7.78. The van der Waals surface area contributed by atoms with Crippen molar-refractivity contribution in [1.29, 1.82) is 0 Å². The normalized spacial score (nSPS) is 37.5. The van der Waals surface area contributed by atoms with Crippen LogP contribution in [0.15, 0.2) is 0 Å². The molecule has 0 aromatic heterocycles. The van der Waals surface area contributed by atoms with Gasteiger partial charge in [-0.2, -0.15) is 0 Å². The number of ether oxygens (including phenoxy) is 1. The Balaban J connectivity index is 1.48. The van der Waals surface area contributed by atoms with Gasteiger partial charge in [0.2, 0.25) is 5.91 Å². The third kappa shape index (κ3) is 1.80. The van der Waals surface area contributed by atoms with Crippen LogP contribution < -0.4 is 0 Å². The maximum Gasteiger partial charge on any atom is 0.319 e. The molecule has 4 rings (SSSR count). The number of amides is 1. The molecule has 2 N–H and O–H groups in total. The third-order valence-corrected chi connectivity index (χ3v) is 6.55. The number of aliphatic carboxylic acids is 1. The van der Waals surface area contributed by atoms with E-state index in [1.54, 1.807) is 4.90 Å². The number of carbonyl (C=O) groups is 2. The third-order valence-electron chi connectivity index (χ3n) is 6.55. The average Bonchev–Trinajstić information content (AvgIpc) is 2.94. The Bertz CT molecular complexity index is 507. The number of nitrogens with zero attached hydrogens (tertiary/aromatic N) is 1. The molecule has 2 saturated carbocycles. The molecule has 1 spiro atoms. The molecule has 4 fully saturated rings. The molecule has 0 aromatic rings. The lowest BCUT2D eigenvalue weighted by Crippen LogP contribution is -2.61. The van der Waals surface area contributed by atoms with E-state index in [0.29, 0.717) is 32.5 Å². The number of hydrogen-bond acceptors (Lipinski definition) is 4. The predicted octanol–water partition coefficient (Wildman–Crippen LogP) is 0.487. The monoisotopic (exact) mass is 309 g/mol. The van der Waals surface area contributed by atoms with E-state index in [1.807, 2.05) is 0 Å². The molecule has 0 unspecified atom stereocenters. The van der Waals surface area contributed by atoms with Crippen LogP contribution in [0.1, 0.15) is 32.1 Å². The molecule has 1 amide bonds. The largest absolute Gasteiger partial charge is 0.480 e. The number of rotatable bonds is 3. The van der Waals surface area contributed by atoms with E-state index in [4.69, 9.17) is 4.74 Å². The van der Waals surface area contributed by atoms with Crippen LogP contribution in [0, 0.1) is 22.7 Å². The first kappa shape index (κ1) is 14.5. The van der Waals surface area contributed by atoms with Crippen LogP contribution >= 0.6 is 0 Å². The van der Waals surface area contributed by atoms with Gasteiger partial charge in [-0.15, -0.1) is 0 Å². The van der Waals surface area contributed by atoms with Gasteiger partial charge < -0.3 is 19.8 Å². The van der Waals surface area contributed by atoms with Crippen LogP contribution in [0.5, 0.6) is 0 Å². The minimum atomic E-state index is -1.20. The first-order valence-corrected chi connectivity index (χ1v) is 8.25. The van der Waals surface area contributed by atoms with Gasteiger partial charge in [0.05, 0.1) is 12.7 Å². The summed E-state index contributed by atoms with van der Waals surface area (Å²) in [6, 6.07) is 0. The quantitative estimate of drug-likeness (QED) is 0.741. The minimum absolute atomic E-state index is 0.0373. The Morgan fingerprint density at radius 2 is 1.95 bits per heavy atom. The summed E-state index contributed by atoms with van der Waals surface area (Å²) >= 11 is 0. The average molecular weight is 309 g/mol. The van der Waals surface area contributed by atoms with Gasteiger partial charge in [0.1, 0.15) is 5.41 Å². The predicted molar refractivity (Wildman–Crippen MR) is 76.0 cm³/mol. The fraction of sp³-hybridized carbons (Fsp3) is 0.875. The second-order valence-electron chi connectivity index (χ2n) is 7.78. The first-order chi connectivity index (χ1) is 10.5. The highest BCUT2D eigenvalue weighted by atomic mass is 16.5. The minimum Gasteiger partial charge on any atom is -0.480 e. The van der Waals surface area contributed by atoms with E-state index < -0.39 is 11.4 Å². The van der Waals surface area contributed by atoms with Gasteiger partial charge in [-0.1, -0.05) is 6.42 Å². The van der Waals surface area contributed by atoms with Crippen LogP contribution in [0.4, 0.5) is 0 Å². The van der Waals surface area contributed by atoms with Crippen molar-refractivity contribution in [3.8, 4) is 0 Å². The van der Waals surface area contributed by atoms with Gasteiger partial charge >= 0.3 is 5.97 Å². The summed E-state index contributed by atoms with van der Waals surface area (Å²) in [5, 5.41) is 19.0. The molecule has 2 saturated heterocycles. The molecule has 122 valence electrons. The highest BCUT2D eigenvalue weighted by molar-refractivity contribution is 6.03. The molecule has 0 aromatic carbocycles. The molecule has 2 aliphatic heterocycles. The van der Waals surface area contributed by atoms with E-state index >= 15 is 0 Å². The SMILES string of the molecule is O=C(O)C1(C(=O)N2C[C@@H]3[C@H](CO)CO[C@@H]3C2)CC2(CCC2)C1. The first-order valence-electron chi connectivity index (χ1n) is 8.25. The molecule has 2 heterocycles. The summed E-state index contributed by atoms with van der Waals surface area (Å²) in [5.74, 6) is -0.973. The molecule has 6 heteroatoms. The van der Waals surface area contributed by atoms with Crippen molar-refractivity contribution in [2.45, 2.75) is 38.2 Å². The van der Waals surface area contributed by atoms with Crippen molar-refractivity contribution in [2.24, 2.45) is 22.7 Å². The zero-order chi connectivity index (χ0) is 15.5. The zero-order valence-electron chi connectivity index (χ0n) is 12.7. The van der Waals surface area contributed by atoms with Gasteiger partial charge in [0, 0.05) is 31.5 Å². The summed E-state index contributed by atoms with van der Waals surface area (Å²) in [6.07, 6.45) is 4.26. The lowest BCUT2D eigenvalue weighted by atomic mass is 9.45. The molecule has 3 atom stereocenters. The number of carboxylic acids is 1. The topological polar surface area (TPSA) is 87.1 Å². The number of likely N-dealkylation sites (tertiary alicyclic amines) is 1. The Morgan fingerprint density at radius 3 is 2.50 bits per heavy atom. The molecule has 2 aliphatic carbocycles. The van der Waals surface area contributed by atoms with Crippen molar-refractivity contribution in [2.75, 3.05) is 26.3 Å². The van der Waals surface area contributed by atoms with Gasteiger partial charge in [-0.25, -0.2) is 0 Å². The van der Waals surface area contributed by atoms with E-state index in [0.717, 1.165) is 19.3 Å². The van der Waals surface area contributed by atoms with Crippen LogP contribution in [0.25, 0.3) is 0 Å².